The minimum absolute atomic E-state index is 0.118. The standard InChI is InChI=1S/C13H19BrFN/c1-13(2,3)12(16)7-5-9-4-6-10(15)8-11(9)14/h4,6,8,12H,5,7,16H2,1-3H3. The molecule has 0 fully saturated rings. The first-order chi connectivity index (χ1) is 7.30. The van der Waals surface area contributed by atoms with Gasteiger partial charge in [-0.15, -0.1) is 0 Å². The van der Waals surface area contributed by atoms with E-state index < -0.39 is 0 Å². The molecule has 0 aliphatic rings. The second kappa shape index (κ2) is 5.28. The van der Waals surface area contributed by atoms with E-state index in [2.05, 4.69) is 36.7 Å². The molecule has 1 atom stereocenters. The topological polar surface area (TPSA) is 26.0 Å². The number of benzene rings is 1. The van der Waals surface area contributed by atoms with Crippen LogP contribution in [0.2, 0.25) is 0 Å². The van der Waals surface area contributed by atoms with Crippen LogP contribution < -0.4 is 5.73 Å². The molecule has 0 radical (unpaired) electrons. The minimum Gasteiger partial charge on any atom is -0.327 e. The first-order valence-electron chi connectivity index (χ1n) is 5.50. The molecule has 16 heavy (non-hydrogen) atoms. The van der Waals surface area contributed by atoms with Gasteiger partial charge in [0.1, 0.15) is 5.82 Å². The Morgan fingerprint density at radius 2 is 2.00 bits per heavy atom. The average molecular weight is 288 g/mol. The SMILES string of the molecule is CC(C)(C)C(N)CCc1ccc(F)cc1Br. The third kappa shape index (κ3) is 3.87. The molecule has 2 N–H and O–H groups in total. The van der Waals surface area contributed by atoms with Crippen molar-refractivity contribution in [3.63, 3.8) is 0 Å². The van der Waals surface area contributed by atoms with E-state index in [0.29, 0.717) is 0 Å². The Bertz CT molecular complexity index is 357. The Labute approximate surface area is 105 Å². The number of nitrogens with two attached hydrogens (primary N) is 1. The maximum atomic E-state index is 12.9. The molecule has 1 unspecified atom stereocenters. The Hall–Kier alpha value is -0.410. The molecule has 0 aliphatic heterocycles. The normalized spacial score (nSPS) is 13.9. The van der Waals surface area contributed by atoms with Gasteiger partial charge in [0, 0.05) is 10.5 Å². The minimum atomic E-state index is -0.212. The molecule has 0 spiro atoms. The van der Waals surface area contributed by atoms with Crippen LogP contribution in [0, 0.1) is 11.2 Å². The lowest BCUT2D eigenvalue weighted by molar-refractivity contribution is 0.306. The van der Waals surface area contributed by atoms with Crippen molar-refractivity contribution in [2.24, 2.45) is 11.1 Å². The number of halogens is 2. The average Bonchev–Trinajstić information content (AvgIpc) is 2.14. The summed E-state index contributed by atoms with van der Waals surface area (Å²) in [6, 6.07) is 4.96. The smallest absolute Gasteiger partial charge is 0.124 e. The van der Waals surface area contributed by atoms with Crippen molar-refractivity contribution >= 4 is 15.9 Å². The second-order valence-corrected chi connectivity index (χ2v) is 6.10. The lowest BCUT2D eigenvalue weighted by Crippen LogP contribution is -2.35. The molecule has 1 aromatic carbocycles. The molecule has 0 bridgehead atoms. The summed E-state index contributed by atoms with van der Waals surface area (Å²) < 4.78 is 13.7. The van der Waals surface area contributed by atoms with E-state index in [4.69, 9.17) is 5.73 Å². The van der Waals surface area contributed by atoms with E-state index in [1.165, 1.54) is 12.1 Å². The zero-order valence-corrected chi connectivity index (χ0v) is 11.6. The second-order valence-electron chi connectivity index (χ2n) is 5.25. The number of hydrogen-bond acceptors (Lipinski definition) is 1. The van der Waals surface area contributed by atoms with Crippen molar-refractivity contribution in [1.29, 1.82) is 0 Å². The van der Waals surface area contributed by atoms with Gasteiger partial charge in [-0.05, 0) is 36.0 Å². The van der Waals surface area contributed by atoms with Crippen LogP contribution >= 0.6 is 15.9 Å². The van der Waals surface area contributed by atoms with Gasteiger partial charge in [-0.2, -0.15) is 0 Å². The van der Waals surface area contributed by atoms with Gasteiger partial charge in [0.2, 0.25) is 0 Å². The maximum Gasteiger partial charge on any atom is 0.124 e. The Balaban J connectivity index is 2.62. The highest BCUT2D eigenvalue weighted by atomic mass is 79.9. The zero-order valence-electron chi connectivity index (χ0n) is 10.1. The predicted molar refractivity (Wildman–Crippen MR) is 69.9 cm³/mol. The molecule has 0 heterocycles. The zero-order chi connectivity index (χ0) is 12.3. The van der Waals surface area contributed by atoms with Gasteiger partial charge in [-0.3, -0.25) is 0 Å². The van der Waals surface area contributed by atoms with Crippen LogP contribution in [0.1, 0.15) is 32.8 Å². The molecule has 0 amide bonds. The third-order valence-electron chi connectivity index (χ3n) is 2.85. The quantitative estimate of drug-likeness (QED) is 0.897. The first-order valence-corrected chi connectivity index (χ1v) is 6.29. The van der Waals surface area contributed by atoms with Gasteiger partial charge in [0.15, 0.2) is 0 Å². The highest BCUT2D eigenvalue weighted by Gasteiger charge is 2.20. The molecule has 1 aromatic rings. The van der Waals surface area contributed by atoms with Gasteiger partial charge in [-0.1, -0.05) is 42.8 Å². The van der Waals surface area contributed by atoms with Crippen LogP contribution in [0.5, 0.6) is 0 Å². The summed E-state index contributed by atoms with van der Waals surface area (Å²) in [4.78, 5) is 0. The van der Waals surface area contributed by atoms with Crippen LogP contribution in [-0.2, 0) is 6.42 Å². The first kappa shape index (κ1) is 13.7. The van der Waals surface area contributed by atoms with E-state index in [0.717, 1.165) is 22.9 Å². The van der Waals surface area contributed by atoms with Gasteiger partial charge < -0.3 is 5.73 Å². The van der Waals surface area contributed by atoms with Crippen molar-refractivity contribution in [1.82, 2.24) is 0 Å². The van der Waals surface area contributed by atoms with Crippen LogP contribution in [0.4, 0.5) is 4.39 Å². The molecule has 0 aromatic heterocycles. The Kier molecular flexibility index (Phi) is 4.51. The van der Waals surface area contributed by atoms with Crippen LogP contribution in [0.25, 0.3) is 0 Å². The molecular formula is C13H19BrFN. The maximum absolute atomic E-state index is 12.9. The number of hydrogen-bond donors (Lipinski definition) is 1. The summed E-state index contributed by atoms with van der Waals surface area (Å²) in [5.74, 6) is -0.212. The summed E-state index contributed by atoms with van der Waals surface area (Å²) in [5, 5.41) is 0. The lowest BCUT2D eigenvalue weighted by Gasteiger charge is -2.27. The highest BCUT2D eigenvalue weighted by Crippen LogP contribution is 2.24. The van der Waals surface area contributed by atoms with Crippen LogP contribution in [0.15, 0.2) is 22.7 Å². The van der Waals surface area contributed by atoms with Crippen LogP contribution in [0.3, 0.4) is 0 Å². The summed E-state index contributed by atoms with van der Waals surface area (Å²) in [7, 11) is 0. The Morgan fingerprint density at radius 1 is 1.38 bits per heavy atom. The van der Waals surface area contributed by atoms with E-state index in [1.54, 1.807) is 0 Å². The van der Waals surface area contributed by atoms with E-state index in [1.807, 2.05) is 6.07 Å². The summed E-state index contributed by atoms with van der Waals surface area (Å²) >= 11 is 3.37. The molecule has 3 heteroatoms. The molecule has 1 nitrogen and oxygen atoms in total. The summed E-state index contributed by atoms with van der Waals surface area (Å²) in [6.07, 6.45) is 1.78. The number of aryl methyl sites for hydroxylation is 1. The van der Waals surface area contributed by atoms with Gasteiger partial charge in [0.05, 0.1) is 0 Å². The molecular weight excluding hydrogens is 269 g/mol. The van der Waals surface area contributed by atoms with Crippen molar-refractivity contribution in [3.8, 4) is 0 Å². The molecule has 90 valence electrons. The van der Waals surface area contributed by atoms with E-state index >= 15 is 0 Å². The predicted octanol–water partition coefficient (Wildman–Crippen LogP) is 3.89. The van der Waals surface area contributed by atoms with Crippen molar-refractivity contribution in [2.75, 3.05) is 0 Å². The van der Waals surface area contributed by atoms with Crippen LogP contribution in [-0.4, -0.2) is 6.04 Å². The van der Waals surface area contributed by atoms with Gasteiger partial charge in [-0.25, -0.2) is 4.39 Å². The monoisotopic (exact) mass is 287 g/mol. The molecule has 0 saturated carbocycles. The fourth-order valence-corrected chi connectivity index (χ4v) is 2.02. The third-order valence-corrected chi connectivity index (χ3v) is 3.59. The van der Waals surface area contributed by atoms with E-state index in [9.17, 15) is 4.39 Å². The summed E-state index contributed by atoms with van der Waals surface area (Å²) in [6.45, 7) is 6.41. The largest absolute Gasteiger partial charge is 0.327 e. The van der Waals surface area contributed by atoms with Gasteiger partial charge >= 0.3 is 0 Å². The lowest BCUT2D eigenvalue weighted by atomic mass is 9.84. The van der Waals surface area contributed by atoms with E-state index in [-0.39, 0.29) is 17.3 Å². The number of rotatable bonds is 3. The highest BCUT2D eigenvalue weighted by molar-refractivity contribution is 9.10. The fourth-order valence-electron chi connectivity index (χ4n) is 1.47. The molecule has 0 aliphatic carbocycles. The molecule has 1 rings (SSSR count). The van der Waals surface area contributed by atoms with Crippen molar-refractivity contribution in [3.05, 3.63) is 34.1 Å². The fraction of sp³-hybridized carbons (Fsp3) is 0.538. The summed E-state index contributed by atoms with van der Waals surface area (Å²) in [5.41, 5.74) is 7.32. The van der Waals surface area contributed by atoms with Crippen molar-refractivity contribution < 1.29 is 4.39 Å². The Morgan fingerprint density at radius 3 is 2.50 bits per heavy atom. The molecule has 0 saturated heterocycles. The van der Waals surface area contributed by atoms with Gasteiger partial charge in [0.25, 0.3) is 0 Å². The van der Waals surface area contributed by atoms with Crippen molar-refractivity contribution in [2.45, 2.75) is 39.7 Å².